The van der Waals surface area contributed by atoms with Gasteiger partial charge in [-0.3, -0.25) is 19.2 Å². The van der Waals surface area contributed by atoms with Gasteiger partial charge in [-0.25, -0.2) is 0 Å². The Morgan fingerprint density at radius 2 is 1.64 bits per heavy atom. The van der Waals surface area contributed by atoms with Crippen LogP contribution in [-0.2, 0) is 28.7 Å². The molecular weight excluding hydrogens is 288 g/mol. The maximum atomic E-state index is 11.7. The summed E-state index contributed by atoms with van der Waals surface area (Å²) in [6.07, 6.45) is 3.12. The molecule has 0 aliphatic carbocycles. The summed E-state index contributed by atoms with van der Waals surface area (Å²) in [5, 5.41) is 0. The van der Waals surface area contributed by atoms with Crippen LogP contribution >= 0.6 is 0 Å². The molecule has 2 fully saturated rings. The van der Waals surface area contributed by atoms with E-state index in [-0.39, 0.29) is 54.8 Å². The third-order valence-electron chi connectivity index (χ3n) is 4.13. The van der Waals surface area contributed by atoms with E-state index in [0.29, 0.717) is 45.1 Å². The van der Waals surface area contributed by atoms with Gasteiger partial charge in [0.2, 0.25) is 0 Å². The molecule has 22 heavy (non-hydrogen) atoms. The Morgan fingerprint density at radius 3 is 2.18 bits per heavy atom. The van der Waals surface area contributed by atoms with Crippen molar-refractivity contribution < 1.29 is 28.7 Å². The highest BCUT2D eigenvalue weighted by atomic mass is 16.5. The van der Waals surface area contributed by atoms with Crippen LogP contribution in [0.15, 0.2) is 0 Å². The van der Waals surface area contributed by atoms with E-state index in [9.17, 15) is 19.2 Å². The van der Waals surface area contributed by atoms with Gasteiger partial charge in [0.05, 0.1) is 19.1 Å². The van der Waals surface area contributed by atoms with E-state index in [1.54, 1.807) is 0 Å². The molecule has 6 heteroatoms. The fourth-order valence-electron chi connectivity index (χ4n) is 2.73. The van der Waals surface area contributed by atoms with Crippen LogP contribution in [0.4, 0.5) is 0 Å². The maximum Gasteiger partial charge on any atom is 0.306 e. The molecule has 0 amide bonds. The predicted octanol–water partition coefficient (Wildman–Crippen LogP) is 1.39. The van der Waals surface area contributed by atoms with Crippen molar-refractivity contribution in [3.05, 3.63) is 0 Å². The van der Waals surface area contributed by atoms with Gasteiger partial charge in [-0.2, -0.15) is 0 Å². The summed E-state index contributed by atoms with van der Waals surface area (Å²) in [5.74, 6) is 0.127. The molecular formula is C16H22O6. The molecule has 0 aromatic rings. The van der Waals surface area contributed by atoms with Crippen LogP contribution in [0.2, 0.25) is 0 Å². The van der Waals surface area contributed by atoms with Crippen LogP contribution in [0, 0.1) is 5.92 Å². The maximum absolute atomic E-state index is 11.7. The van der Waals surface area contributed by atoms with Crippen LogP contribution in [0.5, 0.6) is 0 Å². The van der Waals surface area contributed by atoms with Gasteiger partial charge in [0.15, 0.2) is 5.78 Å². The number of carbonyl (C=O) groups excluding carboxylic acids is 4. The highest BCUT2D eigenvalue weighted by Crippen LogP contribution is 2.20. The fourth-order valence-corrected chi connectivity index (χ4v) is 2.73. The van der Waals surface area contributed by atoms with E-state index in [2.05, 4.69) is 0 Å². The van der Waals surface area contributed by atoms with Crippen molar-refractivity contribution >= 4 is 23.3 Å². The van der Waals surface area contributed by atoms with Gasteiger partial charge in [-0.1, -0.05) is 0 Å². The summed E-state index contributed by atoms with van der Waals surface area (Å²) < 4.78 is 10.1. The zero-order valence-electron chi connectivity index (χ0n) is 12.7. The molecule has 0 radical (unpaired) electrons. The number of ketones is 3. The minimum atomic E-state index is -0.194. The molecule has 2 aliphatic heterocycles. The zero-order valence-corrected chi connectivity index (χ0v) is 12.7. The Morgan fingerprint density at radius 1 is 0.955 bits per heavy atom. The van der Waals surface area contributed by atoms with Crippen molar-refractivity contribution in [1.29, 1.82) is 0 Å². The monoisotopic (exact) mass is 310 g/mol. The van der Waals surface area contributed by atoms with Crippen molar-refractivity contribution in [3.63, 3.8) is 0 Å². The number of ether oxygens (including phenoxy) is 2. The lowest BCUT2D eigenvalue weighted by molar-refractivity contribution is -0.138. The van der Waals surface area contributed by atoms with Crippen molar-refractivity contribution in [2.24, 2.45) is 5.92 Å². The Labute approximate surface area is 129 Å². The largest absolute Gasteiger partial charge is 0.465 e. The predicted molar refractivity (Wildman–Crippen MR) is 76.1 cm³/mol. The van der Waals surface area contributed by atoms with E-state index >= 15 is 0 Å². The van der Waals surface area contributed by atoms with Gasteiger partial charge in [0.1, 0.15) is 18.2 Å². The number of carbonyl (C=O) groups is 4. The molecule has 122 valence electrons. The molecule has 2 saturated heterocycles. The molecule has 2 rings (SSSR count). The number of Topliss-reactive ketones (excluding diaryl/α,β-unsaturated/α-hetero) is 3. The molecule has 6 nitrogen and oxygen atoms in total. The molecule has 2 unspecified atom stereocenters. The summed E-state index contributed by atoms with van der Waals surface area (Å²) in [4.78, 5) is 45.4. The van der Waals surface area contributed by atoms with E-state index in [0.717, 1.165) is 0 Å². The Balaban J connectivity index is 1.52. The molecule has 0 N–H and O–H groups in total. The molecule has 0 aromatic heterocycles. The molecule has 2 atom stereocenters. The Kier molecular flexibility index (Phi) is 6.24. The third-order valence-corrected chi connectivity index (χ3v) is 4.13. The summed E-state index contributed by atoms with van der Waals surface area (Å²) in [6, 6.07) is 0. The topological polar surface area (TPSA) is 86.7 Å². The second-order valence-corrected chi connectivity index (χ2v) is 6.08. The van der Waals surface area contributed by atoms with Crippen molar-refractivity contribution in [2.75, 3.05) is 13.2 Å². The summed E-state index contributed by atoms with van der Waals surface area (Å²) in [5.41, 5.74) is 0. The summed E-state index contributed by atoms with van der Waals surface area (Å²) >= 11 is 0. The number of hydrogen-bond donors (Lipinski definition) is 0. The van der Waals surface area contributed by atoms with Crippen molar-refractivity contribution in [1.82, 2.24) is 0 Å². The van der Waals surface area contributed by atoms with Crippen LogP contribution in [-0.4, -0.2) is 42.6 Å². The van der Waals surface area contributed by atoms with Gasteiger partial charge in [-0.15, -0.1) is 0 Å². The molecule has 2 aliphatic rings. The highest BCUT2D eigenvalue weighted by molar-refractivity contribution is 5.86. The minimum Gasteiger partial charge on any atom is -0.465 e. The molecule has 0 bridgehead atoms. The normalized spacial score (nSPS) is 24.5. The second-order valence-electron chi connectivity index (χ2n) is 6.08. The number of esters is 1. The highest BCUT2D eigenvalue weighted by Gasteiger charge is 2.25. The van der Waals surface area contributed by atoms with Gasteiger partial charge in [-0.05, 0) is 12.8 Å². The lowest BCUT2D eigenvalue weighted by Gasteiger charge is -2.07. The van der Waals surface area contributed by atoms with Gasteiger partial charge >= 0.3 is 5.97 Å². The van der Waals surface area contributed by atoms with Gasteiger partial charge < -0.3 is 9.47 Å². The van der Waals surface area contributed by atoms with Crippen molar-refractivity contribution in [3.8, 4) is 0 Å². The third kappa shape index (κ3) is 5.67. The van der Waals surface area contributed by atoms with Crippen LogP contribution in [0.25, 0.3) is 0 Å². The van der Waals surface area contributed by atoms with E-state index in [4.69, 9.17) is 9.47 Å². The van der Waals surface area contributed by atoms with E-state index < -0.39 is 0 Å². The van der Waals surface area contributed by atoms with Crippen LogP contribution < -0.4 is 0 Å². The van der Waals surface area contributed by atoms with Crippen LogP contribution in [0.3, 0.4) is 0 Å². The fraction of sp³-hybridized carbons (Fsp3) is 0.750. The first-order chi connectivity index (χ1) is 10.5. The minimum absolute atomic E-state index is 0.0377. The van der Waals surface area contributed by atoms with E-state index in [1.165, 1.54) is 0 Å². The second kappa shape index (κ2) is 8.17. The van der Waals surface area contributed by atoms with Gasteiger partial charge in [0, 0.05) is 38.0 Å². The first-order valence-corrected chi connectivity index (χ1v) is 7.85. The lowest BCUT2D eigenvalue weighted by Crippen LogP contribution is -2.11. The SMILES string of the molecule is O=C(CCC(=O)CCC1CC(=O)CO1)CCC1COC(=O)C1. The quantitative estimate of drug-likeness (QED) is 0.598. The van der Waals surface area contributed by atoms with Gasteiger partial charge in [0.25, 0.3) is 0 Å². The average molecular weight is 310 g/mol. The zero-order chi connectivity index (χ0) is 15.9. The van der Waals surface area contributed by atoms with Crippen molar-refractivity contribution in [2.45, 2.75) is 57.5 Å². The first-order valence-electron chi connectivity index (χ1n) is 7.85. The smallest absolute Gasteiger partial charge is 0.306 e. The molecule has 2 heterocycles. The van der Waals surface area contributed by atoms with E-state index in [1.807, 2.05) is 0 Å². The van der Waals surface area contributed by atoms with Crippen LogP contribution in [0.1, 0.15) is 51.4 Å². The molecule has 0 saturated carbocycles. The summed E-state index contributed by atoms with van der Waals surface area (Å²) in [6.45, 7) is 0.565. The lowest BCUT2D eigenvalue weighted by atomic mass is 9.98. The number of cyclic esters (lactones) is 1. The Hall–Kier alpha value is -1.56. The Bertz CT molecular complexity index is 414. The number of rotatable bonds is 9. The first kappa shape index (κ1) is 16.8. The molecule has 0 spiro atoms. The number of hydrogen-bond acceptors (Lipinski definition) is 6. The molecule has 0 aromatic carbocycles. The summed E-state index contributed by atoms with van der Waals surface area (Å²) in [7, 11) is 0. The standard InChI is InChI=1S/C16H22O6/c17-12(2-1-11-7-16(20)22-9-11)3-4-13(18)5-6-15-8-14(19)10-21-15/h11,15H,1-10H2. The average Bonchev–Trinajstić information content (AvgIpc) is 3.09.